The highest BCUT2D eigenvalue weighted by atomic mass is 32.1. The van der Waals surface area contributed by atoms with Gasteiger partial charge in [0.25, 0.3) is 0 Å². The summed E-state index contributed by atoms with van der Waals surface area (Å²) in [7, 11) is 1.35. The molecular weight excluding hydrogens is 290 g/mol. The summed E-state index contributed by atoms with van der Waals surface area (Å²) in [5.74, 6) is -1.30. The Bertz CT molecular complexity index is 678. The van der Waals surface area contributed by atoms with Crippen molar-refractivity contribution in [1.82, 2.24) is 0 Å². The number of benzene rings is 1. The van der Waals surface area contributed by atoms with E-state index in [0.29, 0.717) is 12.1 Å². The number of nitrogens with one attached hydrogen (secondary N) is 1. The van der Waals surface area contributed by atoms with Gasteiger partial charge in [0, 0.05) is 22.5 Å². The molecule has 1 heterocycles. The maximum absolute atomic E-state index is 11.6. The van der Waals surface area contributed by atoms with Crippen LogP contribution in [0.5, 0.6) is 0 Å². The van der Waals surface area contributed by atoms with E-state index in [4.69, 9.17) is 9.84 Å². The van der Waals surface area contributed by atoms with E-state index in [2.05, 4.69) is 5.32 Å². The van der Waals surface area contributed by atoms with E-state index in [-0.39, 0.29) is 11.5 Å². The lowest BCUT2D eigenvalue weighted by Gasteiger charge is -2.11. The largest absolute Gasteiger partial charge is 0.478 e. The second-order valence-electron chi connectivity index (χ2n) is 4.43. The van der Waals surface area contributed by atoms with Crippen molar-refractivity contribution >= 4 is 29.0 Å². The molecule has 0 aliphatic carbocycles. The SMILES string of the molecule is COC(=O)c1cccc(NCc2cc(C(=O)O)cs2)c1C. The lowest BCUT2D eigenvalue weighted by atomic mass is 10.1. The van der Waals surface area contributed by atoms with E-state index in [9.17, 15) is 9.59 Å². The zero-order valence-corrected chi connectivity index (χ0v) is 12.5. The number of rotatable bonds is 5. The zero-order chi connectivity index (χ0) is 15.4. The van der Waals surface area contributed by atoms with Gasteiger partial charge in [-0.15, -0.1) is 11.3 Å². The van der Waals surface area contributed by atoms with E-state index >= 15 is 0 Å². The Morgan fingerprint density at radius 2 is 2.14 bits per heavy atom. The minimum atomic E-state index is -0.929. The second-order valence-corrected chi connectivity index (χ2v) is 5.43. The molecule has 110 valence electrons. The van der Waals surface area contributed by atoms with Gasteiger partial charge < -0.3 is 15.2 Å². The molecule has 0 atom stereocenters. The highest BCUT2D eigenvalue weighted by Gasteiger charge is 2.12. The Balaban J connectivity index is 2.12. The summed E-state index contributed by atoms with van der Waals surface area (Å²) >= 11 is 1.38. The molecular formula is C15H15NO4S. The van der Waals surface area contributed by atoms with Crippen LogP contribution >= 0.6 is 11.3 Å². The number of carbonyl (C=O) groups is 2. The first-order chi connectivity index (χ1) is 10.0. The quantitative estimate of drug-likeness (QED) is 0.830. The first-order valence-electron chi connectivity index (χ1n) is 6.25. The van der Waals surface area contributed by atoms with Crippen molar-refractivity contribution in [1.29, 1.82) is 0 Å². The van der Waals surface area contributed by atoms with Gasteiger partial charge in [-0.25, -0.2) is 9.59 Å². The maximum Gasteiger partial charge on any atom is 0.338 e. The van der Waals surface area contributed by atoms with Gasteiger partial charge in [0.2, 0.25) is 0 Å². The van der Waals surface area contributed by atoms with Gasteiger partial charge in [-0.1, -0.05) is 6.07 Å². The Kier molecular flexibility index (Phi) is 4.59. The third-order valence-electron chi connectivity index (χ3n) is 3.09. The lowest BCUT2D eigenvalue weighted by molar-refractivity contribution is 0.0599. The van der Waals surface area contributed by atoms with Crippen molar-refractivity contribution < 1.29 is 19.4 Å². The zero-order valence-electron chi connectivity index (χ0n) is 11.7. The van der Waals surface area contributed by atoms with Crippen LogP contribution < -0.4 is 5.32 Å². The third kappa shape index (κ3) is 3.41. The van der Waals surface area contributed by atoms with E-state index in [1.165, 1.54) is 18.4 Å². The van der Waals surface area contributed by atoms with Crippen molar-refractivity contribution in [2.45, 2.75) is 13.5 Å². The smallest absolute Gasteiger partial charge is 0.338 e. The predicted octanol–water partition coefficient (Wildman–Crippen LogP) is 3.15. The number of carboxylic acid groups (broad SMARTS) is 1. The van der Waals surface area contributed by atoms with Crippen LogP contribution in [0.1, 0.15) is 31.2 Å². The van der Waals surface area contributed by atoms with Crippen molar-refractivity contribution in [3.8, 4) is 0 Å². The molecule has 1 aromatic carbocycles. The first-order valence-corrected chi connectivity index (χ1v) is 7.13. The van der Waals surface area contributed by atoms with Crippen molar-refractivity contribution in [3.05, 3.63) is 51.2 Å². The molecule has 21 heavy (non-hydrogen) atoms. The standard InChI is InChI=1S/C15H15NO4S/c1-9-12(15(19)20-2)4-3-5-13(9)16-7-11-6-10(8-21-11)14(17)18/h3-6,8,16H,7H2,1-2H3,(H,17,18). The minimum absolute atomic E-state index is 0.289. The molecule has 0 saturated carbocycles. The molecule has 0 bridgehead atoms. The molecule has 0 fully saturated rings. The van der Waals surface area contributed by atoms with E-state index in [0.717, 1.165) is 16.1 Å². The van der Waals surface area contributed by atoms with E-state index in [1.807, 2.05) is 13.0 Å². The number of methoxy groups -OCH3 is 1. The van der Waals surface area contributed by atoms with Crippen LogP contribution in [0.25, 0.3) is 0 Å². The van der Waals surface area contributed by atoms with Crippen molar-refractivity contribution in [2.24, 2.45) is 0 Å². The molecule has 6 heteroatoms. The van der Waals surface area contributed by atoms with Crippen LogP contribution in [0.2, 0.25) is 0 Å². The topological polar surface area (TPSA) is 75.6 Å². The number of ether oxygens (including phenoxy) is 1. The summed E-state index contributed by atoms with van der Waals surface area (Å²) in [4.78, 5) is 23.4. The summed E-state index contributed by atoms with van der Waals surface area (Å²) in [6, 6.07) is 6.99. The summed E-state index contributed by atoms with van der Waals surface area (Å²) in [5, 5.41) is 13.7. The Morgan fingerprint density at radius 1 is 1.38 bits per heavy atom. The van der Waals surface area contributed by atoms with Crippen LogP contribution in [0.15, 0.2) is 29.6 Å². The highest BCUT2D eigenvalue weighted by Crippen LogP contribution is 2.22. The van der Waals surface area contributed by atoms with Gasteiger partial charge in [-0.05, 0) is 30.7 Å². The molecule has 0 saturated heterocycles. The molecule has 0 aliphatic heterocycles. The monoisotopic (exact) mass is 305 g/mol. The number of carboxylic acids is 1. The van der Waals surface area contributed by atoms with Crippen LogP contribution in [-0.2, 0) is 11.3 Å². The molecule has 0 radical (unpaired) electrons. The van der Waals surface area contributed by atoms with Gasteiger partial charge in [0.05, 0.1) is 18.2 Å². The molecule has 1 aromatic heterocycles. The van der Waals surface area contributed by atoms with Crippen LogP contribution in [0, 0.1) is 6.92 Å². The molecule has 2 N–H and O–H groups in total. The van der Waals surface area contributed by atoms with Gasteiger partial charge >= 0.3 is 11.9 Å². The van der Waals surface area contributed by atoms with Gasteiger partial charge in [0.1, 0.15) is 0 Å². The summed E-state index contributed by atoms with van der Waals surface area (Å²) in [6.07, 6.45) is 0. The van der Waals surface area contributed by atoms with Crippen LogP contribution in [0.3, 0.4) is 0 Å². The average molecular weight is 305 g/mol. The second kappa shape index (κ2) is 6.41. The molecule has 0 aliphatic rings. The van der Waals surface area contributed by atoms with Gasteiger partial charge in [0.15, 0.2) is 0 Å². The van der Waals surface area contributed by atoms with Crippen molar-refractivity contribution in [3.63, 3.8) is 0 Å². The summed E-state index contributed by atoms with van der Waals surface area (Å²) in [5.41, 5.74) is 2.43. The van der Waals surface area contributed by atoms with E-state index < -0.39 is 5.97 Å². The Morgan fingerprint density at radius 3 is 2.76 bits per heavy atom. The highest BCUT2D eigenvalue weighted by molar-refractivity contribution is 7.10. The molecule has 0 spiro atoms. The van der Waals surface area contributed by atoms with Gasteiger partial charge in [-0.3, -0.25) is 0 Å². The maximum atomic E-state index is 11.6. The molecule has 0 amide bonds. The minimum Gasteiger partial charge on any atom is -0.478 e. The molecule has 5 nitrogen and oxygen atoms in total. The lowest BCUT2D eigenvalue weighted by Crippen LogP contribution is -2.07. The molecule has 2 aromatic rings. The normalized spacial score (nSPS) is 10.2. The number of hydrogen-bond donors (Lipinski definition) is 2. The predicted molar refractivity (Wildman–Crippen MR) is 81.1 cm³/mol. The number of aromatic carboxylic acids is 1. The van der Waals surface area contributed by atoms with Crippen LogP contribution in [-0.4, -0.2) is 24.2 Å². The third-order valence-corrected chi connectivity index (χ3v) is 4.03. The van der Waals surface area contributed by atoms with Gasteiger partial charge in [-0.2, -0.15) is 0 Å². The fourth-order valence-corrected chi connectivity index (χ4v) is 2.72. The summed E-state index contributed by atoms with van der Waals surface area (Å²) < 4.78 is 4.73. The number of esters is 1. The summed E-state index contributed by atoms with van der Waals surface area (Å²) in [6.45, 7) is 2.34. The number of hydrogen-bond acceptors (Lipinski definition) is 5. The average Bonchev–Trinajstić information content (AvgIpc) is 2.94. The Hall–Kier alpha value is -2.34. The Labute approximate surface area is 126 Å². The van der Waals surface area contributed by atoms with Crippen molar-refractivity contribution in [2.75, 3.05) is 12.4 Å². The molecule has 2 rings (SSSR count). The number of thiophene rings is 1. The first kappa shape index (κ1) is 15.1. The number of anilines is 1. The fourth-order valence-electron chi connectivity index (χ4n) is 1.93. The fraction of sp³-hybridized carbons (Fsp3) is 0.200. The number of carbonyl (C=O) groups excluding carboxylic acids is 1. The van der Waals surface area contributed by atoms with Crippen LogP contribution in [0.4, 0.5) is 5.69 Å². The van der Waals surface area contributed by atoms with E-state index in [1.54, 1.807) is 23.6 Å². The molecule has 0 unspecified atom stereocenters.